The third-order valence-corrected chi connectivity index (χ3v) is 8.73. The van der Waals surface area contributed by atoms with Gasteiger partial charge in [0.15, 0.2) is 10.1 Å². The minimum atomic E-state index is -0.516. The number of ether oxygens (including phenoxy) is 1. The number of allylic oxidation sites excluding steroid dienone is 3. The average molecular weight is 573 g/mol. The molecule has 0 spiro atoms. The number of nitrogens with two attached hydrogens (primary N) is 1. The summed E-state index contributed by atoms with van der Waals surface area (Å²) in [6.07, 6.45) is 1.75. The van der Waals surface area contributed by atoms with Crippen LogP contribution in [0.3, 0.4) is 0 Å². The van der Waals surface area contributed by atoms with E-state index in [0.29, 0.717) is 52.2 Å². The predicted molar refractivity (Wildman–Crippen MR) is 156 cm³/mol. The molecule has 0 saturated heterocycles. The first-order valence-corrected chi connectivity index (χ1v) is 14.7. The third kappa shape index (κ3) is 5.59. The second-order valence-corrected chi connectivity index (χ2v) is 11.6. The van der Waals surface area contributed by atoms with Crippen LogP contribution in [0.2, 0.25) is 0 Å². The highest BCUT2D eigenvalue weighted by Crippen LogP contribution is 2.47. The van der Waals surface area contributed by atoms with Gasteiger partial charge in [0.25, 0.3) is 0 Å². The first-order valence-electron chi connectivity index (χ1n) is 12.9. The molecule has 1 atom stereocenters. The Kier molecular flexibility index (Phi) is 8.19. The van der Waals surface area contributed by atoms with Crippen molar-refractivity contribution in [3.8, 4) is 11.8 Å². The van der Waals surface area contributed by atoms with Gasteiger partial charge in [-0.25, -0.2) is 0 Å². The van der Waals surface area contributed by atoms with Crippen LogP contribution in [0.5, 0.6) is 5.75 Å². The lowest BCUT2D eigenvalue weighted by atomic mass is 9.75. The minimum absolute atomic E-state index is 0.0159. The maximum absolute atomic E-state index is 13.3. The number of carbonyl (C=O) groups excluding carboxylic acids is 2. The van der Waals surface area contributed by atoms with E-state index in [9.17, 15) is 14.9 Å². The smallest absolute Gasteiger partial charge is 0.234 e. The number of nitrogens with zero attached hydrogens (tertiary/aromatic N) is 4. The van der Waals surface area contributed by atoms with Crippen LogP contribution in [0.15, 0.2) is 75.5 Å². The molecule has 5 rings (SSSR count). The summed E-state index contributed by atoms with van der Waals surface area (Å²) in [6, 6.07) is 17.3. The molecular formula is C29H28N6O3S2. The topological polar surface area (TPSA) is 134 Å². The third-order valence-electron chi connectivity index (χ3n) is 6.69. The molecule has 0 bridgehead atoms. The van der Waals surface area contributed by atoms with E-state index >= 15 is 0 Å². The lowest BCUT2D eigenvalue weighted by molar-refractivity contribution is -0.116. The van der Waals surface area contributed by atoms with E-state index in [4.69, 9.17) is 10.5 Å². The van der Waals surface area contributed by atoms with Gasteiger partial charge in [0, 0.05) is 23.4 Å². The summed E-state index contributed by atoms with van der Waals surface area (Å²) >= 11 is 2.53. The average Bonchev–Trinajstić information content (AvgIpc) is 3.42. The Morgan fingerprint density at radius 1 is 1.20 bits per heavy atom. The molecule has 40 heavy (non-hydrogen) atoms. The normalized spacial score (nSPS) is 17.0. The number of nitriles is 1. The summed E-state index contributed by atoms with van der Waals surface area (Å²) in [7, 11) is 0. The summed E-state index contributed by atoms with van der Waals surface area (Å²) in [6.45, 7) is 4.48. The number of hydrogen-bond donors (Lipinski definition) is 2. The van der Waals surface area contributed by atoms with E-state index in [0.717, 1.165) is 22.6 Å². The van der Waals surface area contributed by atoms with Gasteiger partial charge in [-0.1, -0.05) is 52.9 Å². The lowest BCUT2D eigenvalue weighted by Gasteiger charge is -2.38. The SMILES string of the molecule is CCOc1ccc(NC(=O)CSc2nnc(N3C(N)=C(C#N)C(c4ccc(C)cc4)C4=C3CCCC4=O)s2)cc1. The molecule has 11 heteroatoms. The number of aryl methyl sites for hydroxylation is 1. The van der Waals surface area contributed by atoms with Crippen molar-refractivity contribution < 1.29 is 14.3 Å². The number of nitrogens with one attached hydrogen (secondary N) is 1. The number of thioether (sulfide) groups is 1. The number of benzene rings is 2. The van der Waals surface area contributed by atoms with Gasteiger partial charge in [-0.05, 0) is 56.5 Å². The van der Waals surface area contributed by atoms with Crippen molar-refractivity contribution in [3.63, 3.8) is 0 Å². The fourth-order valence-corrected chi connectivity index (χ4v) is 6.55. The Hall–Kier alpha value is -4.14. The monoisotopic (exact) mass is 572 g/mol. The molecule has 9 nitrogen and oxygen atoms in total. The fourth-order valence-electron chi connectivity index (χ4n) is 4.87. The van der Waals surface area contributed by atoms with Crippen molar-refractivity contribution in [2.45, 2.75) is 43.4 Å². The van der Waals surface area contributed by atoms with Crippen LogP contribution in [0.4, 0.5) is 10.8 Å². The Labute approximate surface area is 240 Å². The van der Waals surface area contributed by atoms with Gasteiger partial charge in [0.2, 0.25) is 11.0 Å². The highest BCUT2D eigenvalue weighted by atomic mass is 32.2. The first-order chi connectivity index (χ1) is 19.4. The maximum atomic E-state index is 13.3. The van der Waals surface area contributed by atoms with Gasteiger partial charge >= 0.3 is 0 Å². The quantitative estimate of drug-likeness (QED) is 0.346. The van der Waals surface area contributed by atoms with E-state index in [1.165, 1.54) is 23.1 Å². The predicted octanol–water partition coefficient (Wildman–Crippen LogP) is 5.28. The molecule has 3 aromatic rings. The molecule has 204 valence electrons. The van der Waals surface area contributed by atoms with Gasteiger partial charge < -0.3 is 15.8 Å². The van der Waals surface area contributed by atoms with E-state index in [2.05, 4.69) is 21.6 Å². The molecule has 0 saturated carbocycles. The van der Waals surface area contributed by atoms with E-state index in [-0.39, 0.29) is 23.3 Å². The van der Waals surface area contributed by atoms with Crippen LogP contribution < -0.4 is 20.7 Å². The largest absolute Gasteiger partial charge is 0.494 e. The number of ketones is 1. The van der Waals surface area contributed by atoms with Crippen LogP contribution >= 0.6 is 23.1 Å². The van der Waals surface area contributed by atoms with Gasteiger partial charge in [0.1, 0.15) is 11.6 Å². The van der Waals surface area contributed by atoms with E-state index < -0.39 is 5.92 Å². The lowest BCUT2D eigenvalue weighted by Crippen LogP contribution is -2.38. The number of hydrogen-bond acceptors (Lipinski definition) is 10. The number of amides is 1. The molecule has 3 N–H and O–H groups in total. The van der Waals surface area contributed by atoms with Crippen LogP contribution in [0, 0.1) is 18.3 Å². The minimum Gasteiger partial charge on any atom is -0.494 e. The molecule has 1 aliphatic heterocycles. The summed E-state index contributed by atoms with van der Waals surface area (Å²) < 4.78 is 6.01. The van der Waals surface area contributed by atoms with Crippen molar-refractivity contribution in [2.75, 3.05) is 22.6 Å². The van der Waals surface area contributed by atoms with Crippen molar-refractivity contribution >= 4 is 45.6 Å². The zero-order valence-electron chi connectivity index (χ0n) is 22.1. The van der Waals surface area contributed by atoms with Gasteiger partial charge in [-0.15, -0.1) is 10.2 Å². The Morgan fingerprint density at radius 3 is 2.65 bits per heavy atom. The molecule has 2 aromatic carbocycles. The second kappa shape index (κ2) is 11.9. The molecular weight excluding hydrogens is 544 g/mol. The number of carbonyl (C=O) groups is 2. The second-order valence-electron chi connectivity index (χ2n) is 9.37. The standard InChI is InChI=1S/C29H28N6O3S2/c1-3-38-20-13-11-19(12-14-20)32-24(37)16-39-29-34-33-28(40-29)35-22-5-4-6-23(36)26(22)25(21(15-30)27(35)31)18-9-7-17(2)8-10-18/h7-14,25H,3-6,16,31H2,1-2H3,(H,32,37). The van der Waals surface area contributed by atoms with Crippen LogP contribution in [0.25, 0.3) is 0 Å². The number of Topliss-reactive ketones (excluding diaryl/α,β-unsaturated/α-hetero) is 1. The molecule has 2 heterocycles. The molecule has 1 aromatic heterocycles. The molecule has 2 aliphatic rings. The first kappa shape index (κ1) is 27.4. The Balaban J connectivity index is 1.36. The Bertz CT molecular complexity index is 1540. The summed E-state index contributed by atoms with van der Waals surface area (Å²) in [4.78, 5) is 27.5. The van der Waals surface area contributed by atoms with Crippen molar-refractivity contribution in [3.05, 3.63) is 82.3 Å². The highest BCUT2D eigenvalue weighted by Gasteiger charge is 2.41. The van der Waals surface area contributed by atoms with Crippen molar-refractivity contribution in [1.29, 1.82) is 5.26 Å². The molecule has 1 unspecified atom stereocenters. The maximum Gasteiger partial charge on any atom is 0.234 e. The number of aromatic nitrogens is 2. The molecule has 0 radical (unpaired) electrons. The molecule has 0 fully saturated rings. The van der Waals surface area contributed by atoms with Crippen LogP contribution in [-0.4, -0.2) is 34.2 Å². The fraction of sp³-hybridized carbons (Fsp3) is 0.276. The highest BCUT2D eigenvalue weighted by molar-refractivity contribution is 8.01. The van der Waals surface area contributed by atoms with E-state index in [1.807, 2.05) is 38.1 Å². The summed E-state index contributed by atoms with van der Waals surface area (Å²) in [5.41, 5.74) is 10.9. The number of anilines is 2. The number of rotatable bonds is 8. The van der Waals surface area contributed by atoms with Crippen molar-refractivity contribution in [2.24, 2.45) is 5.73 Å². The van der Waals surface area contributed by atoms with Crippen LogP contribution in [0.1, 0.15) is 43.2 Å². The zero-order valence-corrected chi connectivity index (χ0v) is 23.8. The van der Waals surface area contributed by atoms with Crippen molar-refractivity contribution in [1.82, 2.24) is 10.2 Å². The van der Waals surface area contributed by atoms with Gasteiger partial charge in [-0.3, -0.25) is 14.5 Å². The molecule has 1 aliphatic carbocycles. The summed E-state index contributed by atoms with van der Waals surface area (Å²) in [5, 5.41) is 22.1. The van der Waals surface area contributed by atoms with Gasteiger partial charge in [0.05, 0.1) is 29.9 Å². The zero-order chi connectivity index (χ0) is 28.2. The molecule has 1 amide bonds. The van der Waals surface area contributed by atoms with E-state index in [1.54, 1.807) is 29.2 Å². The summed E-state index contributed by atoms with van der Waals surface area (Å²) in [5.74, 6) is 0.449. The Morgan fingerprint density at radius 2 is 1.95 bits per heavy atom. The van der Waals surface area contributed by atoms with Gasteiger partial charge in [-0.2, -0.15) is 5.26 Å². The van der Waals surface area contributed by atoms with Crippen LogP contribution in [-0.2, 0) is 9.59 Å².